The Labute approximate surface area is 129 Å². The fourth-order valence-corrected chi connectivity index (χ4v) is 4.69. The standard InChI is InChI=1S/C17H20O5/c1-10-6-8-17(14(19)21-2,15(20)22-3)13-9-12(18)11-5-4-7-16(10,11)13/h6,9,11H,4-5,7-8H2,1-3H3/t11-,16+/m1/s1. The van der Waals surface area contributed by atoms with E-state index in [0.29, 0.717) is 5.57 Å². The van der Waals surface area contributed by atoms with E-state index in [2.05, 4.69) is 0 Å². The molecule has 1 fully saturated rings. The van der Waals surface area contributed by atoms with Gasteiger partial charge in [-0.1, -0.05) is 18.1 Å². The first-order valence-electron chi connectivity index (χ1n) is 7.55. The Kier molecular flexibility index (Phi) is 3.27. The minimum absolute atomic E-state index is 0.0133. The Morgan fingerprint density at radius 1 is 1.23 bits per heavy atom. The van der Waals surface area contributed by atoms with Crippen LogP contribution in [0.1, 0.15) is 32.6 Å². The van der Waals surface area contributed by atoms with Crippen LogP contribution in [-0.2, 0) is 23.9 Å². The zero-order valence-corrected chi connectivity index (χ0v) is 13.1. The van der Waals surface area contributed by atoms with Crippen LogP contribution in [0, 0.1) is 16.7 Å². The Morgan fingerprint density at radius 2 is 1.86 bits per heavy atom. The first kappa shape index (κ1) is 15.0. The predicted molar refractivity (Wildman–Crippen MR) is 77.7 cm³/mol. The summed E-state index contributed by atoms with van der Waals surface area (Å²) in [6.07, 6.45) is 6.09. The van der Waals surface area contributed by atoms with Gasteiger partial charge in [0.05, 0.1) is 14.2 Å². The van der Waals surface area contributed by atoms with Gasteiger partial charge in [-0.2, -0.15) is 0 Å². The zero-order valence-electron chi connectivity index (χ0n) is 13.1. The van der Waals surface area contributed by atoms with Crippen LogP contribution in [0.3, 0.4) is 0 Å². The first-order valence-corrected chi connectivity index (χ1v) is 7.55. The lowest BCUT2D eigenvalue weighted by atomic mass is 9.57. The number of allylic oxidation sites excluding steroid dienone is 3. The fraction of sp³-hybridized carbons (Fsp3) is 0.588. The summed E-state index contributed by atoms with van der Waals surface area (Å²) in [5.41, 5.74) is -0.350. The summed E-state index contributed by atoms with van der Waals surface area (Å²) in [6, 6.07) is 0. The van der Waals surface area contributed by atoms with Gasteiger partial charge in [-0.05, 0) is 37.8 Å². The zero-order chi connectivity index (χ0) is 16.1. The molecule has 118 valence electrons. The lowest BCUT2D eigenvalue weighted by molar-refractivity contribution is -0.167. The molecule has 3 aliphatic carbocycles. The lowest BCUT2D eigenvalue weighted by Gasteiger charge is -2.44. The molecule has 0 aliphatic heterocycles. The number of methoxy groups -OCH3 is 2. The Morgan fingerprint density at radius 3 is 2.45 bits per heavy atom. The molecule has 0 heterocycles. The number of hydrogen-bond donors (Lipinski definition) is 0. The first-order chi connectivity index (χ1) is 10.4. The van der Waals surface area contributed by atoms with E-state index in [1.807, 2.05) is 13.0 Å². The molecule has 1 spiro atoms. The summed E-state index contributed by atoms with van der Waals surface area (Å²) in [4.78, 5) is 37.5. The molecule has 0 N–H and O–H groups in total. The molecule has 1 saturated carbocycles. The van der Waals surface area contributed by atoms with Gasteiger partial charge in [0.15, 0.2) is 11.2 Å². The fourth-order valence-electron chi connectivity index (χ4n) is 4.69. The van der Waals surface area contributed by atoms with Crippen LogP contribution in [0.2, 0.25) is 0 Å². The molecular weight excluding hydrogens is 284 g/mol. The Balaban J connectivity index is 2.26. The van der Waals surface area contributed by atoms with Gasteiger partial charge in [0.1, 0.15) is 0 Å². The molecular formula is C17H20O5. The van der Waals surface area contributed by atoms with E-state index in [-0.39, 0.29) is 18.1 Å². The van der Waals surface area contributed by atoms with E-state index in [9.17, 15) is 14.4 Å². The number of ketones is 1. The number of hydrogen-bond acceptors (Lipinski definition) is 5. The number of ether oxygens (including phenoxy) is 2. The number of rotatable bonds is 2. The van der Waals surface area contributed by atoms with E-state index in [0.717, 1.165) is 24.8 Å². The highest BCUT2D eigenvalue weighted by molar-refractivity contribution is 6.09. The SMILES string of the molecule is COC(=O)C1(C(=O)OC)CC=C(C)[C@@]23CCC[C@@H]2C(=O)C=C13. The molecule has 22 heavy (non-hydrogen) atoms. The molecule has 0 bridgehead atoms. The topological polar surface area (TPSA) is 69.7 Å². The highest BCUT2D eigenvalue weighted by Gasteiger charge is 2.66. The van der Waals surface area contributed by atoms with Crippen molar-refractivity contribution in [2.45, 2.75) is 32.6 Å². The molecule has 0 unspecified atom stereocenters. The summed E-state index contributed by atoms with van der Waals surface area (Å²) in [5.74, 6) is -1.43. The summed E-state index contributed by atoms with van der Waals surface area (Å²) in [7, 11) is 2.52. The van der Waals surface area contributed by atoms with E-state index >= 15 is 0 Å². The average molecular weight is 304 g/mol. The lowest BCUT2D eigenvalue weighted by Crippen LogP contribution is -2.49. The quantitative estimate of drug-likeness (QED) is 0.443. The van der Waals surface area contributed by atoms with Crippen molar-refractivity contribution in [1.29, 1.82) is 0 Å². The molecule has 0 radical (unpaired) electrons. The maximum atomic E-state index is 12.5. The van der Waals surface area contributed by atoms with Crippen LogP contribution < -0.4 is 0 Å². The molecule has 3 rings (SSSR count). The van der Waals surface area contributed by atoms with Gasteiger partial charge >= 0.3 is 11.9 Å². The predicted octanol–water partition coefficient (Wildman–Crippen LogP) is 1.96. The van der Waals surface area contributed by atoms with Crippen molar-refractivity contribution < 1.29 is 23.9 Å². The van der Waals surface area contributed by atoms with Gasteiger partial charge in [0.2, 0.25) is 0 Å². The van der Waals surface area contributed by atoms with Crippen molar-refractivity contribution in [3.8, 4) is 0 Å². The Hall–Kier alpha value is -1.91. The second-order valence-corrected chi connectivity index (χ2v) is 6.36. The van der Waals surface area contributed by atoms with Crippen molar-refractivity contribution in [3.05, 3.63) is 23.3 Å². The highest BCUT2D eigenvalue weighted by Crippen LogP contribution is 2.65. The van der Waals surface area contributed by atoms with E-state index in [1.165, 1.54) is 20.3 Å². The van der Waals surface area contributed by atoms with Gasteiger partial charge in [0.25, 0.3) is 0 Å². The van der Waals surface area contributed by atoms with Crippen molar-refractivity contribution in [1.82, 2.24) is 0 Å². The van der Waals surface area contributed by atoms with Gasteiger partial charge in [-0.25, -0.2) is 0 Å². The third-order valence-corrected chi connectivity index (χ3v) is 5.72. The van der Waals surface area contributed by atoms with Gasteiger partial charge in [-0.15, -0.1) is 0 Å². The van der Waals surface area contributed by atoms with Crippen LogP contribution in [-0.4, -0.2) is 31.9 Å². The highest BCUT2D eigenvalue weighted by atomic mass is 16.5. The van der Waals surface area contributed by atoms with Gasteiger partial charge < -0.3 is 9.47 Å². The molecule has 0 aromatic rings. The van der Waals surface area contributed by atoms with Crippen molar-refractivity contribution in [2.24, 2.45) is 16.7 Å². The van der Waals surface area contributed by atoms with Crippen molar-refractivity contribution in [2.75, 3.05) is 14.2 Å². The summed E-state index contributed by atoms with van der Waals surface area (Å²) < 4.78 is 9.84. The molecule has 0 amide bonds. The molecule has 5 nitrogen and oxygen atoms in total. The molecule has 5 heteroatoms. The third kappa shape index (κ3) is 1.51. The van der Waals surface area contributed by atoms with Crippen molar-refractivity contribution >= 4 is 17.7 Å². The minimum atomic E-state index is -1.52. The number of esters is 2. The van der Waals surface area contributed by atoms with Crippen LogP contribution in [0.4, 0.5) is 0 Å². The molecule has 0 saturated heterocycles. The molecule has 2 atom stereocenters. The minimum Gasteiger partial charge on any atom is -0.468 e. The van der Waals surface area contributed by atoms with Crippen molar-refractivity contribution in [3.63, 3.8) is 0 Å². The van der Waals surface area contributed by atoms with E-state index in [1.54, 1.807) is 0 Å². The van der Waals surface area contributed by atoms with Crippen LogP contribution in [0.5, 0.6) is 0 Å². The van der Waals surface area contributed by atoms with Crippen LogP contribution >= 0.6 is 0 Å². The molecule has 0 aromatic carbocycles. The van der Waals surface area contributed by atoms with E-state index < -0.39 is 22.8 Å². The second-order valence-electron chi connectivity index (χ2n) is 6.36. The normalized spacial score (nSPS) is 31.8. The van der Waals surface area contributed by atoms with Gasteiger partial charge in [-0.3, -0.25) is 14.4 Å². The monoisotopic (exact) mass is 304 g/mol. The summed E-state index contributed by atoms with van der Waals surface area (Å²) >= 11 is 0. The number of carbonyl (C=O) groups is 3. The maximum Gasteiger partial charge on any atom is 0.327 e. The number of carbonyl (C=O) groups excluding carboxylic acids is 3. The largest absolute Gasteiger partial charge is 0.468 e. The third-order valence-electron chi connectivity index (χ3n) is 5.72. The van der Waals surface area contributed by atoms with Crippen LogP contribution in [0.15, 0.2) is 23.3 Å². The Bertz CT molecular complexity index is 611. The van der Waals surface area contributed by atoms with E-state index in [4.69, 9.17) is 9.47 Å². The van der Waals surface area contributed by atoms with Crippen LogP contribution in [0.25, 0.3) is 0 Å². The molecule has 3 aliphatic rings. The molecule has 0 aromatic heterocycles. The maximum absolute atomic E-state index is 12.5. The smallest absolute Gasteiger partial charge is 0.327 e. The second kappa shape index (κ2) is 4.80. The van der Waals surface area contributed by atoms with Gasteiger partial charge in [0, 0.05) is 11.3 Å². The summed E-state index contributed by atoms with van der Waals surface area (Å²) in [5, 5.41) is 0. The average Bonchev–Trinajstić information content (AvgIpc) is 3.07. The summed E-state index contributed by atoms with van der Waals surface area (Å²) in [6.45, 7) is 1.99.